The Bertz CT molecular complexity index is 704. The molecule has 0 bridgehead atoms. The first-order chi connectivity index (χ1) is 11.1. The number of furan rings is 1. The zero-order valence-corrected chi connectivity index (χ0v) is 14.4. The van der Waals surface area contributed by atoms with Crippen LogP contribution >= 0.6 is 11.6 Å². The van der Waals surface area contributed by atoms with Crippen LogP contribution in [0, 0.1) is 6.92 Å². The Hall–Kier alpha value is -1.52. The zero-order chi connectivity index (χ0) is 16.4. The summed E-state index contributed by atoms with van der Waals surface area (Å²) in [5.74, 6) is 0.420. The van der Waals surface area contributed by atoms with Crippen LogP contribution in [0.5, 0.6) is 0 Å². The van der Waals surface area contributed by atoms with Crippen molar-refractivity contribution >= 4 is 28.5 Å². The molecule has 1 N–H and O–H groups in total. The van der Waals surface area contributed by atoms with Crippen molar-refractivity contribution in [2.75, 3.05) is 19.6 Å². The first-order valence-corrected chi connectivity index (χ1v) is 8.70. The SMILES string of the molecule is CCCN(C(=O)c1oc2c(Cl)cccc2c1C)C1CCNCC1. The Morgan fingerprint density at radius 3 is 2.78 bits per heavy atom. The molecule has 1 saturated heterocycles. The van der Waals surface area contributed by atoms with E-state index in [0.29, 0.717) is 16.4 Å². The molecule has 0 aliphatic carbocycles. The summed E-state index contributed by atoms with van der Waals surface area (Å²) in [5.41, 5.74) is 1.49. The van der Waals surface area contributed by atoms with Gasteiger partial charge in [0.2, 0.25) is 0 Å². The number of aryl methyl sites for hydroxylation is 1. The predicted octanol–water partition coefficient (Wildman–Crippen LogP) is 4.00. The van der Waals surface area contributed by atoms with Crippen LogP contribution in [0.2, 0.25) is 5.02 Å². The maximum atomic E-state index is 13.1. The van der Waals surface area contributed by atoms with Crippen molar-refractivity contribution < 1.29 is 9.21 Å². The van der Waals surface area contributed by atoms with Gasteiger partial charge in [0.1, 0.15) is 0 Å². The quantitative estimate of drug-likeness (QED) is 0.919. The molecule has 1 aromatic carbocycles. The predicted molar refractivity (Wildman–Crippen MR) is 93.2 cm³/mol. The molecule has 23 heavy (non-hydrogen) atoms. The van der Waals surface area contributed by atoms with Gasteiger partial charge in [-0.3, -0.25) is 4.79 Å². The van der Waals surface area contributed by atoms with Gasteiger partial charge in [0.25, 0.3) is 5.91 Å². The maximum absolute atomic E-state index is 13.1. The van der Waals surface area contributed by atoms with Crippen LogP contribution in [0.4, 0.5) is 0 Å². The number of nitrogens with zero attached hydrogens (tertiary/aromatic N) is 1. The van der Waals surface area contributed by atoms with Crippen molar-refractivity contribution in [3.8, 4) is 0 Å². The summed E-state index contributed by atoms with van der Waals surface area (Å²) in [6, 6.07) is 5.91. The Balaban J connectivity index is 1.96. The van der Waals surface area contributed by atoms with Gasteiger partial charge in [-0.15, -0.1) is 0 Å². The minimum Gasteiger partial charge on any atom is -0.449 e. The van der Waals surface area contributed by atoms with Gasteiger partial charge in [-0.1, -0.05) is 30.7 Å². The van der Waals surface area contributed by atoms with E-state index in [1.807, 2.05) is 24.0 Å². The largest absolute Gasteiger partial charge is 0.449 e. The van der Waals surface area contributed by atoms with Gasteiger partial charge in [0.05, 0.1) is 5.02 Å². The molecule has 0 spiro atoms. The average Bonchev–Trinajstić information content (AvgIpc) is 2.91. The lowest BCUT2D eigenvalue weighted by atomic mass is 10.0. The number of piperidine rings is 1. The number of hydrogen-bond donors (Lipinski definition) is 1. The molecule has 0 saturated carbocycles. The van der Waals surface area contributed by atoms with Crippen LogP contribution in [0.3, 0.4) is 0 Å². The van der Waals surface area contributed by atoms with E-state index in [1.54, 1.807) is 6.07 Å². The molecule has 1 aromatic heterocycles. The average molecular weight is 335 g/mol. The fourth-order valence-electron chi connectivity index (χ4n) is 3.35. The number of benzene rings is 1. The molecule has 4 nitrogen and oxygen atoms in total. The molecule has 1 fully saturated rings. The molecular weight excluding hydrogens is 312 g/mol. The highest BCUT2D eigenvalue weighted by atomic mass is 35.5. The third kappa shape index (κ3) is 3.10. The highest BCUT2D eigenvalue weighted by Crippen LogP contribution is 2.32. The van der Waals surface area contributed by atoms with Crippen molar-refractivity contribution in [3.05, 3.63) is 34.5 Å². The number of fused-ring (bicyclic) bond motifs is 1. The van der Waals surface area contributed by atoms with Crippen LogP contribution in [0.1, 0.15) is 42.3 Å². The molecule has 2 aromatic rings. The van der Waals surface area contributed by atoms with E-state index in [2.05, 4.69) is 12.2 Å². The number of amides is 1. The molecule has 1 aliphatic rings. The smallest absolute Gasteiger partial charge is 0.290 e. The summed E-state index contributed by atoms with van der Waals surface area (Å²) >= 11 is 6.21. The second kappa shape index (κ2) is 6.93. The highest BCUT2D eigenvalue weighted by molar-refractivity contribution is 6.35. The van der Waals surface area contributed by atoms with Crippen LogP contribution in [0.25, 0.3) is 11.0 Å². The number of rotatable bonds is 4. The lowest BCUT2D eigenvalue weighted by molar-refractivity contribution is 0.0611. The van der Waals surface area contributed by atoms with Crippen molar-refractivity contribution in [3.63, 3.8) is 0 Å². The lowest BCUT2D eigenvalue weighted by Gasteiger charge is -2.34. The van der Waals surface area contributed by atoms with E-state index in [4.69, 9.17) is 16.0 Å². The summed E-state index contributed by atoms with van der Waals surface area (Å²) in [6.45, 7) is 6.71. The summed E-state index contributed by atoms with van der Waals surface area (Å²) in [6.07, 6.45) is 2.92. The van der Waals surface area contributed by atoms with Crippen LogP contribution in [-0.4, -0.2) is 36.5 Å². The fourth-order valence-corrected chi connectivity index (χ4v) is 3.57. The maximum Gasteiger partial charge on any atom is 0.290 e. The summed E-state index contributed by atoms with van der Waals surface area (Å²) in [4.78, 5) is 15.1. The zero-order valence-electron chi connectivity index (χ0n) is 13.7. The van der Waals surface area contributed by atoms with Gasteiger partial charge in [-0.2, -0.15) is 0 Å². The number of hydrogen-bond acceptors (Lipinski definition) is 3. The van der Waals surface area contributed by atoms with Crippen LogP contribution in [0.15, 0.2) is 22.6 Å². The Labute approximate surface area is 141 Å². The second-order valence-electron chi connectivity index (χ2n) is 6.15. The summed E-state index contributed by atoms with van der Waals surface area (Å²) in [7, 11) is 0. The monoisotopic (exact) mass is 334 g/mol. The molecule has 0 atom stereocenters. The fraction of sp³-hybridized carbons (Fsp3) is 0.500. The Morgan fingerprint density at radius 1 is 1.39 bits per heavy atom. The summed E-state index contributed by atoms with van der Waals surface area (Å²) in [5, 5.41) is 4.82. The van der Waals surface area contributed by atoms with Gasteiger partial charge in [-0.25, -0.2) is 0 Å². The Kier molecular flexibility index (Phi) is 4.93. The molecule has 0 radical (unpaired) electrons. The third-order valence-electron chi connectivity index (χ3n) is 4.58. The number of halogens is 1. The number of carbonyl (C=O) groups excluding carboxylic acids is 1. The normalized spacial score (nSPS) is 16.0. The topological polar surface area (TPSA) is 45.5 Å². The first-order valence-electron chi connectivity index (χ1n) is 8.32. The van der Waals surface area contributed by atoms with Gasteiger partial charge >= 0.3 is 0 Å². The van der Waals surface area contributed by atoms with Crippen molar-refractivity contribution in [2.45, 2.75) is 39.2 Å². The van der Waals surface area contributed by atoms with E-state index in [9.17, 15) is 4.79 Å². The molecular formula is C18H23ClN2O2. The molecule has 1 amide bonds. The van der Waals surface area contributed by atoms with Gasteiger partial charge in [0.15, 0.2) is 11.3 Å². The molecule has 3 rings (SSSR count). The Morgan fingerprint density at radius 2 is 2.13 bits per heavy atom. The molecule has 2 heterocycles. The minimum atomic E-state index is -0.0106. The number of para-hydroxylation sites is 1. The number of nitrogens with one attached hydrogen (secondary N) is 1. The van der Waals surface area contributed by atoms with E-state index in [-0.39, 0.29) is 11.9 Å². The molecule has 0 unspecified atom stereocenters. The van der Waals surface area contributed by atoms with Crippen molar-refractivity contribution in [1.82, 2.24) is 10.2 Å². The molecule has 1 aliphatic heterocycles. The van der Waals surface area contributed by atoms with Crippen molar-refractivity contribution in [2.24, 2.45) is 0 Å². The second-order valence-corrected chi connectivity index (χ2v) is 6.56. The lowest BCUT2D eigenvalue weighted by Crippen LogP contribution is -2.46. The summed E-state index contributed by atoms with van der Waals surface area (Å²) < 4.78 is 5.87. The van der Waals surface area contributed by atoms with E-state index < -0.39 is 0 Å². The van der Waals surface area contributed by atoms with E-state index in [0.717, 1.165) is 49.8 Å². The van der Waals surface area contributed by atoms with Crippen LogP contribution < -0.4 is 5.32 Å². The van der Waals surface area contributed by atoms with E-state index in [1.165, 1.54) is 0 Å². The van der Waals surface area contributed by atoms with Crippen LogP contribution in [-0.2, 0) is 0 Å². The van der Waals surface area contributed by atoms with Crippen molar-refractivity contribution in [1.29, 1.82) is 0 Å². The van der Waals surface area contributed by atoms with Gasteiger partial charge in [0, 0.05) is 23.5 Å². The first kappa shape index (κ1) is 16.3. The third-order valence-corrected chi connectivity index (χ3v) is 4.88. The standard InChI is InChI=1S/C18H23ClN2O2/c1-3-11-21(13-7-9-20-10-8-13)18(22)16-12(2)14-5-4-6-15(19)17(14)23-16/h4-6,13,20H,3,7-11H2,1-2H3. The molecule has 124 valence electrons. The van der Waals surface area contributed by atoms with Gasteiger partial charge in [-0.05, 0) is 45.3 Å². The molecule has 5 heteroatoms. The van der Waals surface area contributed by atoms with E-state index >= 15 is 0 Å². The minimum absolute atomic E-state index is 0.0106. The number of carbonyl (C=O) groups is 1. The highest BCUT2D eigenvalue weighted by Gasteiger charge is 2.29. The van der Waals surface area contributed by atoms with Gasteiger partial charge < -0.3 is 14.6 Å².